The number of aryl methyl sites for hydroxylation is 2. The van der Waals surface area contributed by atoms with Crippen LogP contribution in [0.3, 0.4) is 0 Å². The topological polar surface area (TPSA) is 47.7 Å². The smallest absolute Gasteiger partial charge is 0.127 e. The SMILES string of the molecule is Cc1cnn(C)c1NCc1cnn(C(C)C)c1.Cl. The van der Waals surface area contributed by atoms with Gasteiger partial charge in [-0.3, -0.25) is 9.36 Å². The van der Waals surface area contributed by atoms with Crippen molar-refractivity contribution in [3.05, 3.63) is 29.7 Å². The maximum atomic E-state index is 4.31. The molecule has 0 spiro atoms. The lowest BCUT2D eigenvalue weighted by Gasteiger charge is -2.06. The lowest BCUT2D eigenvalue weighted by molar-refractivity contribution is 0.532. The number of hydrogen-bond acceptors (Lipinski definition) is 3. The van der Waals surface area contributed by atoms with E-state index in [9.17, 15) is 0 Å². The van der Waals surface area contributed by atoms with Gasteiger partial charge in [-0.05, 0) is 20.8 Å². The van der Waals surface area contributed by atoms with E-state index in [1.165, 1.54) is 5.56 Å². The summed E-state index contributed by atoms with van der Waals surface area (Å²) in [6.07, 6.45) is 5.84. The average Bonchev–Trinajstić information content (AvgIpc) is 2.85. The van der Waals surface area contributed by atoms with Crippen molar-refractivity contribution in [2.75, 3.05) is 5.32 Å². The van der Waals surface area contributed by atoms with Crippen molar-refractivity contribution in [3.63, 3.8) is 0 Å². The van der Waals surface area contributed by atoms with Crippen molar-refractivity contribution >= 4 is 18.2 Å². The highest BCUT2D eigenvalue weighted by Gasteiger charge is 2.05. The van der Waals surface area contributed by atoms with Crippen LogP contribution in [0.5, 0.6) is 0 Å². The zero-order valence-corrected chi connectivity index (χ0v) is 12.0. The van der Waals surface area contributed by atoms with Gasteiger partial charge >= 0.3 is 0 Å². The van der Waals surface area contributed by atoms with Crippen LogP contribution >= 0.6 is 12.4 Å². The third-order valence-corrected chi connectivity index (χ3v) is 2.77. The number of halogens is 1. The molecule has 0 aliphatic heterocycles. The molecule has 0 saturated carbocycles. The highest BCUT2D eigenvalue weighted by Crippen LogP contribution is 2.14. The normalized spacial score (nSPS) is 10.5. The molecule has 5 nitrogen and oxygen atoms in total. The van der Waals surface area contributed by atoms with E-state index in [4.69, 9.17) is 0 Å². The molecule has 0 atom stereocenters. The molecule has 2 rings (SSSR count). The summed E-state index contributed by atoms with van der Waals surface area (Å²) < 4.78 is 3.81. The Hall–Kier alpha value is -1.49. The Bertz CT molecular complexity index is 481. The number of hydrogen-bond donors (Lipinski definition) is 1. The largest absolute Gasteiger partial charge is 0.366 e. The Kier molecular flexibility index (Phi) is 4.78. The Morgan fingerprint density at radius 1 is 1.28 bits per heavy atom. The molecular formula is C12H20ClN5. The maximum absolute atomic E-state index is 4.31. The molecule has 0 radical (unpaired) electrons. The second-order valence-electron chi connectivity index (χ2n) is 4.58. The van der Waals surface area contributed by atoms with Crippen molar-refractivity contribution in [2.24, 2.45) is 7.05 Å². The molecule has 0 bridgehead atoms. The molecule has 0 unspecified atom stereocenters. The molecule has 100 valence electrons. The van der Waals surface area contributed by atoms with Gasteiger partial charge in [0.1, 0.15) is 5.82 Å². The van der Waals surface area contributed by atoms with Gasteiger partial charge in [-0.1, -0.05) is 0 Å². The molecular weight excluding hydrogens is 250 g/mol. The summed E-state index contributed by atoms with van der Waals surface area (Å²) >= 11 is 0. The second kappa shape index (κ2) is 5.91. The Morgan fingerprint density at radius 3 is 2.50 bits per heavy atom. The molecule has 0 fully saturated rings. The molecule has 18 heavy (non-hydrogen) atoms. The van der Waals surface area contributed by atoms with Gasteiger partial charge < -0.3 is 5.32 Å². The quantitative estimate of drug-likeness (QED) is 0.928. The summed E-state index contributed by atoms with van der Waals surface area (Å²) in [7, 11) is 1.94. The van der Waals surface area contributed by atoms with Crippen LogP contribution in [0.2, 0.25) is 0 Å². The average molecular weight is 270 g/mol. The van der Waals surface area contributed by atoms with Crippen LogP contribution in [-0.4, -0.2) is 19.6 Å². The molecule has 0 amide bonds. The molecule has 0 aliphatic rings. The van der Waals surface area contributed by atoms with Crippen molar-refractivity contribution in [1.82, 2.24) is 19.6 Å². The van der Waals surface area contributed by atoms with Gasteiger partial charge in [-0.25, -0.2) is 0 Å². The van der Waals surface area contributed by atoms with Gasteiger partial charge in [-0.2, -0.15) is 10.2 Å². The molecule has 2 aromatic rings. The van der Waals surface area contributed by atoms with Gasteiger partial charge in [0.25, 0.3) is 0 Å². The van der Waals surface area contributed by atoms with Crippen LogP contribution in [0.25, 0.3) is 0 Å². The van der Waals surface area contributed by atoms with Crippen molar-refractivity contribution < 1.29 is 0 Å². The first-order valence-corrected chi connectivity index (χ1v) is 5.83. The fourth-order valence-corrected chi connectivity index (χ4v) is 1.74. The third-order valence-electron chi connectivity index (χ3n) is 2.77. The number of aromatic nitrogens is 4. The zero-order valence-electron chi connectivity index (χ0n) is 11.2. The zero-order chi connectivity index (χ0) is 12.4. The summed E-state index contributed by atoms with van der Waals surface area (Å²) in [5.74, 6) is 1.06. The minimum absolute atomic E-state index is 0. The van der Waals surface area contributed by atoms with Crippen molar-refractivity contribution in [1.29, 1.82) is 0 Å². The van der Waals surface area contributed by atoms with Crippen LogP contribution < -0.4 is 5.32 Å². The van der Waals surface area contributed by atoms with Crippen LogP contribution in [0.4, 0.5) is 5.82 Å². The minimum Gasteiger partial charge on any atom is -0.366 e. The minimum atomic E-state index is 0. The standard InChI is InChI=1S/C12H19N5.ClH/c1-9(2)17-8-11(7-15-17)6-13-12-10(3)5-14-16(12)4;/h5,7-9,13H,6H2,1-4H3;1H. The van der Waals surface area contributed by atoms with E-state index >= 15 is 0 Å². The first-order chi connectivity index (χ1) is 8.08. The van der Waals surface area contributed by atoms with Gasteiger partial charge in [0.05, 0.1) is 12.4 Å². The van der Waals surface area contributed by atoms with Gasteiger partial charge in [0.2, 0.25) is 0 Å². The van der Waals surface area contributed by atoms with Crippen LogP contribution in [0.1, 0.15) is 31.0 Å². The lowest BCUT2D eigenvalue weighted by atomic mass is 10.3. The van der Waals surface area contributed by atoms with E-state index in [2.05, 4.69) is 35.6 Å². The second-order valence-corrected chi connectivity index (χ2v) is 4.58. The number of nitrogens with one attached hydrogen (secondary N) is 1. The highest BCUT2D eigenvalue weighted by atomic mass is 35.5. The van der Waals surface area contributed by atoms with Crippen molar-refractivity contribution in [3.8, 4) is 0 Å². The summed E-state index contributed by atoms with van der Waals surface area (Å²) in [4.78, 5) is 0. The van der Waals surface area contributed by atoms with E-state index < -0.39 is 0 Å². The molecule has 0 saturated heterocycles. The highest BCUT2D eigenvalue weighted by molar-refractivity contribution is 5.85. The van der Waals surface area contributed by atoms with Crippen LogP contribution in [0.15, 0.2) is 18.6 Å². The van der Waals surface area contributed by atoms with E-state index in [0.29, 0.717) is 6.04 Å². The van der Waals surface area contributed by atoms with Crippen molar-refractivity contribution in [2.45, 2.75) is 33.4 Å². The van der Waals surface area contributed by atoms with Gasteiger partial charge in [0.15, 0.2) is 0 Å². The lowest BCUT2D eigenvalue weighted by Crippen LogP contribution is -2.05. The Morgan fingerprint density at radius 2 is 2.00 bits per heavy atom. The Labute approximate surface area is 114 Å². The Balaban J connectivity index is 0.00000162. The van der Waals surface area contributed by atoms with Crippen LogP contribution in [-0.2, 0) is 13.6 Å². The number of rotatable bonds is 4. The first kappa shape index (κ1) is 14.6. The molecule has 1 N–H and O–H groups in total. The predicted octanol–water partition coefficient (Wildman–Crippen LogP) is 2.54. The van der Waals surface area contributed by atoms with E-state index in [1.54, 1.807) is 0 Å². The molecule has 2 heterocycles. The summed E-state index contributed by atoms with van der Waals surface area (Å²) in [6.45, 7) is 7.06. The summed E-state index contributed by atoms with van der Waals surface area (Å²) in [5, 5.41) is 11.9. The molecule has 6 heteroatoms. The van der Waals surface area contributed by atoms with Gasteiger partial charge in [-0.15, -0.1) is 12.4 Å². The summed E-state index contributed by atoms with van der Waals surface area (Å²) in [5.41, 5.74) is 2.34. The fourth-order valence-electron chi connectivity index (χ4n) is 1.74. The monoisotopic (exact) mass is 269 g/mol. The first-order valence-electron chi connectivity index (χ1n) is 5.83. The number of nitrogens with zero attached hydrogens (tertiary/aromatic N) is 4. The van der Waals surface area contributed by atoms with E-state index in [-0.39, 0.29) is 12.4 Å². The van der Waals surface area contributed by atoms with E-state index in [1.807, 2.05) is 35.7 Å². The molecule has 2 aromatic heterocycles. The fraction of sp³-hybridized carbons (Fsp3) is 0.500. The summed E-state index contributed by atoms with van der Waals surface area (Å²) in [6, 6.07) is 0.405. The predicted molar refractivity (Wildman–Crippen MR) is 75.1 cm³/mol. The van der Waals surface area contributed by atoms with E-state index in [0.717, 1.165) is 17.9 Å². The third kappa shape index (κ3) is 3.04. The van der Waals surface area contributed by atoms with Crippen LogP contribution in [0, 0.1) is 6.92 Å². The molecule has 0 aromatic carbocycles. The van der Waals surface area contributed by atoms with Gasteiger partial charge in [0, 0.05) is 37.0 Å². The molecule has 0 aliphatic carbocycles. The maximum Gasteiger partial charge on any atom is 0.127 e. The number of anilines is 1.